The Morgan fingerprint density at radius 1 is 1.40 bits per heavy atom. The van der Waals surface area contributed by atoms with Gasteiger partial charge in [-0.2, -0.15) is 8.78 Å². The third-order valence-electron chi connectivity index (χ3n) is 2.98. The molecule has 0 spiro atoms. The van der Waals surface area contributed by atoms with E-state index in [1.165, 1.54) is 12.1 Å². The van der Waals surface area contributed by atoms with E-state index >= 15 is 0 Å². The average Bonchev–Trinajstić information content (AvgIpc) is 2.36. The van der Waals surface area contributed by atoms with Crippen molar-refractivity contribution in [1.82, 2.24) is 4.90 Å². The van der Waals surface area contributed by atoms with Crippen molar-refractivity contribution in [3.05, 3.63) is 33.9 Å². The summed E-state index contributed by atoms with van der Waals surface area (Å²) in [6, 6.07) is 3.85. The summed E-state index contributed by atoms with van der Waals surface area (Å²) in [7, 11) is 0. The Bertz CT molecular complexity index is 467. The van der Waals surface area contributed by atoms with Gasteiger partial charge >= 0.3 is 6.61 Å². The van der Waals surface area contributed by atoms with E-state index in [0.29, 0.717) is 18.7 Å². The number of rotatable bonds is 7. The highest BCUT2D eigenvalue weighted by atomic mass is 19.3. The number of ether oxygens (including phenoxy) is 1. The van der Waals surface area contributed by atoms with Crippen LogP contribution in [0.1, 0.15) is 26.3 Å². The van der Waals surface area contributed by atoms with Crippen molar-refractivity contribution in [1.29, 1.82) is 0 Å². The molecule has 0 aliphatic rings. The summed E-state index contributed by atoms with van der Waals surface area (Å²) in [6.45, 7) is 3.93. The summed E-state index contributed by atoms with van der Waals surface area (Å²) >= 11 is 0. The lowest BCUT2D eigenvalue weighted by atomic mass is 10.1. The summed E-state index contributed by atoms with van der Waals surface area (Å²) in [5, 5.41) is 10.8. The standard InChI is InChI=1S/C13H18F2N2O3/c1-4-16(9(2)3)8-10-7-11(17(18)19)5-6-12(10)20-13(14)15/h5-7,9,13H,4,8H2,1-3H3. The van der Waals surface area contributed by atoms with Crippen LogP contribution in [0.25, 0.3) is 0 Å². The summed E-state index contributed by atoms with van der Waals surface area (Å²) in [4.78, 5) is 12.2. The number of nitro groups is 1. The van der Waals surface area contributed by atoms with Gasteiger partial charge in [-0.1, -0.05) is 6.92 Å². The summed E-state index contributed by atoms with van der Waals surface area (Å²) < 4.78 is 29.2. The van der Waals surface area contributed by atoms with Crippen LogP contribution in [0.15, 0.2) is 18.2 Å². The number of nitrogens with zero attached hydrogens (tertiary/aromatic N) is 2. The molecule has 1 aromatic rings. The van der Waals surface area contributed by atoms with E-state index in [1.807, 2.05) is 25.7 Å². The van der Waals surface area contributed by atoms with Crippen LogP contribution in [-0.4, -0.2) is 29.0 Å². The average molecular weight is 288 g/mol. The Hall–Kier alpha value is -1.76. The zero-order valence-corrected chi connectivity index (χ0v) is 11.7. The third kappa shape index (κ3) is 4.41. The lowest BCUT2D eigenvalue weighted by molar-refractivity contribution is -0.385. The van der Waals surface area contributed by atoms with E-state index in [9.17, 15) is 18.9 Å². The molecule has 5 nitrogen and oxygen atoms in total. The molecule has 20 heavy (non-hydrogen) atoms. The van der Waals surface area contributed by atoms with Crippen LogP contribution in [0.2, 0.25) is 0 Å². The molecule has 0 aliphatic heterocycles. The molecule has 0 aromatic heterocycles. The van der Waals surface area contributed by atoms with Gasteiger partial charge < -0.3 is 4.74 Å². The Kier molecular flexibility index (Phi) is 5.82. The van der Waals surface area contributed by atoms with E-state index in [0.717, 1.165) is 6.07 Å². The highest BCUT2D eigenvalue weighted by Gasteiger charge is 2.17. The van der Waals surface area contributed by atoms with E-state index in [-0.39, 0.29) is 17.5 Å². The molecule has 0 aliphatic carbocycles. The first-order valence-electron chi connectivity index (χ1n) is 6.31. The Labute approximate surface area is 116 Å². The number of hydrogen-bond acceptors (Lipinski definition) is 4. The molecule has 1 rings (SSSR count). The number of nitro benzene ring substituents is 1. The molecule has 0 heterocycles. The molecule has 0 saturated heterocycles. The van der Waals surface area contributed by atoms with E-state index in [2.05, 4.69) is 4.74 Å². The number of non-ortho nitro benzene ring substituents is 1. The minimum Gasteiger partial charge on any atom is -0.434 e. The summed E-state index contributed by atoms with van der Waals surface area (Å²) in [5.41, 5.74) is 0.247. The molecular weight excluding hydrogens is 270 g/mol. The minimum atomic E-state index is -2.95. The predicted octanol–water partition coefficient (Wildman–Crippen LogP) is 3.43. The minimum absolute atomic E-state index is 0.0234. The molecule has 0 amide bonds. The predicted molar refractivity (Wildman–Crippen MR) is 70.9 cm³/mol. The molecule has 1 aromatic carbocycles. The van der Waals surface area contributed by atoms with Gasteiger partial charge in [-0.25, -0.2) is 0 Å². The molecular formula is C13H18F2N2O3. The molecule has 0 bridgehead atoms. The van der Waals surface area contributed by atoms with Crippen molar-refractivity contribution in [2.45, 2.75) is 40.0 Å². The van der Waals surface area contributed by atoms with Crippen LogP contribution in [-0.2, 0) is 6.54 Å². The quantitative estimate of drug-likeness (QED) is 0.570. The van der Waals surface area contributed by atoms with Crippen LogP contribution in [0.4, 0.5) is 14.5 Å². The molecule has 0 saturated carbocycles. The number of hydrogen-bond donors (Lipinski definition) is 0. The van der Waals surface area contributed by atoms with Gasteiger partial charge in [-0.15, -0.1) is 0 Å². The van der Waals surface area contributed by atoms with Crippen molar-refractivity contribution in [3.8, 4) is 5.75 Å². The lowest BCUT2D eigenvalue weighted by Crippen LogP contribution is -2.30. The summed E-state index contributed by atoms with van der Waals surface area (Å²) in [5.74, 6) is -0.0234. The molecule has 0 unspecified atom stereocenters. The van der Waals surface area contributed by atoms with E-state index < -0.39 is 11.5 Å². The zero-order valence-electron chi connectivity index (χ0n) is 11.7. The van der Waals surface area contributed by atoms with Crippen molar-refractivity contribution in [3.63, 3.8) is 0 Å². The van der Waals surface area contributed by atoms with Gasteiger partial charge in [0.05, 0.1) is 4.92 Å². The van der Waals surface area contributed by atoms with Crippen LogP contribution >= 0.6 is 0 Å². The maximum absolute atomic E-state index is 12.4. The second-order valence-corrected chi connectivity index (χ2v) is 4.58. The first-order valence-corrected chi connectivity index (χ1v) is 6.31. The molecule has 7 heteroatoms. The van der Waals surface area contributed by atoms with E-state index in [1.54, 1.807) is 0 Å². The molecule has 0 radical (unpaired) electrons. The number of alkyl halides is 2. The lowest BCUT2D eigenvalue weighted by Gasteiger charge is -2.25. The summed E-state index contributed by atoms with van der Waals surface area (Å²) in [6.07, 6.45) is 0. The van der Waals surface area contributed by atoms with Crippen molar-refractivity contribution >= 4 is 5.69 Å². The molecule has 0 N–H and O–H groups in total. The third-order valence-corrected chi connectivity index (χ3v) is 2.98. The van der Waals surface area contributed by atoms with Crippen LogP contribution in [0.5, 0.6) is 5.75 Å². The number of halogens is 2. The fraction of sp³-hybridized carbons (Fsp3) is 0.538. The second-order valence-electron chi connectivity index (χ2n) is 4.58. The Morgan fingerprint density at radius 2 is 2.05 bits per heavy atom. The maximum Gasteiger partial charge on any atom is 0.387 e. The largest absolute Gasteiger partial charge is 0.434 e. The van der Waals surface area contributed by atoms with Crippen LogP contribution in [0, 0.1) is 10.1 Å². The maximum atomic E-state index is 12.4. The smallest absolute Gasteiger partial charge is 0.387 e. The highest BCUT2D eigenvalue weighted by molar-refractivity contribution is 5.43. The van der Waals surface area contributed by atoms with Crippen molar-refractivity contribution in [2.75, 3.05) is 6.54 Å². The van der Waals surface area contributed by atoms with Gasteiger partial charge in [0.1, 0.15) is 5.75 Å². The number of benzene rings is 1. The molecule has 0 atom stereocenters. The van der Waals surface area contributed by atoms with Gasteiger partial charge in [-0.3, -0.25) is 15.0 Å². The highest BCUT2D eigenvalue weighted by Crippen LogP contribution is 2.27. The van der Waals surface area contributed by atoms with Crippen LogP contribution in [0.3, 0.4) is 0 Å². The monoisotopic (exact) mass is 288 g/mol. The fourth-order valence-corrected chi connectivity index (χ4v) is 1.89. The molecule has 0 fully saturated rings. The Balaban J connectivity index is 3.10. The SMILES string of the molecule is CCN(Cc1cc([N+](=O)[O-])ccc1OC(F)F)C(C)C. The van der Waals surface area contributed by atoms with Crippen LogP contribution < -0.4 is 4.74 Å². The van der Waals surface area contributed by atoms with Gasteiger partial charge in [0.25, 0.3) is 5.69 Å². The van der Waals surface area contributed by atoms with Crippen molar-refractivity contribution in [2.24, 2.45) is 0 Å². The van der Waals surface area contributed by atoms with Gasteiger partial charge in [0.15, 0.2) is 0 Å². The first kappa shape index (κ1) is 16.3. The Morgan fingerprint density at radius 3 is 2.50 bits per heavy atom. The van der Waals surface area contributed by atoms with Gasteiger partial charge in [0, 0.05) is 30.3 Å². The second kappa shape index (κ2) is 7.14. The van der Waals surface area contributed by atoms with Gasteiger partial charge in [-0.05, 0) is 26.5 Å². The topological polar surface area (TPSA) is 55.6 Å². The fourth-order valence-electron chi connectivity index (χ4n) is 1.89. The van der Waals surface area contributed by atoms with Gasteiger partial charge in [0.2, 0.25) is 0 Å². The van der Waals surface area contributed by atoms with E-state index in [4.69, 9.17) is 0 Å². The first-order chi connectivity index (χ1) is 9.35. The molecule has 112 valence electrons. The van der Waals surface area contributed by atoms with Crippen molar-refractivity contribution < 1.29 is 18.4 Å². The zero-order chi connectivity index (χ0) is 15.3. The normalized spacial score (nSPS) is 11.4.